The van der Waals surface area contributed by atoms with Gasteiger partial charge in [0.2, 0.25) is 32.9 Å². The van der Waals surface area contributed by atoms with Crippen LogP contribution in [0, 0.1) is 24.4 Å². The number of nitrogens with one attached hydrogen (secondary N) is 8. The Balaban J connectivity index is 0.000000156. The smallest absolute Gasteiger partial charge is 0.409 e. The van der Waals surface area contributed by atoms with Crippen LogP contribution in [-0.4, -0.2) is 164 Å². The molecule has 1 aliphatic rings. The Kier molecular flexibility index (Phi) is 31.5. The average molecular weight is 1740 g/mol. The monoisotopic (exact) mass is 1740 g/mol. The molecule has 1 atom stereocenters. The highest BCUT2D eigenvalue weighted by Gasteiger charge is 2.36. The minimum atomic E-state index is -3.96. The SMILES string of the molecule is CC(C)(C)OC(=O)NCc1ncco1.COc1c(C(=O)NCc2ccc[nH]2)ccc2n[nH]c(/C=C/c3ccc(F)cc3)c12.COc1c(C(=O)NCc2ncco2)ccc2n[nH]c(/C=C/c3ccc(F)cc3)c12.Cc1ccc(S(=O)(=O)C(NC(=O)OC(C)(C)C)c2ncco2)cc1.O=C(O)c1ccc2n[nH]c(/C=C/c3ccc(F)cc3)c2c1OCCN1CCOCC1. The molecule has 7 aromatic heterocycles. The Labute approximate surface area is 720 Å². The Morgan fingerprint density at radius 2 is 0.968 bits per heavy atom. The fraction of sp³-hybridized carbons (Fsp3) is 0.233. The second-order valence-corrected chi connectivity index (χ2v) is 31.6. The number of methoxy groups -OCH3 is 2. The van der Waals surface area contributed by atoms with E-state index in [0.29, 0.717) is 123 Å². The predicted molar refractivity (Wildman–Crippen MR) is 463 cm³/mol. The summed E-state index contributed by atoms with van der Waals surface area (Å²) in [5.74, 6) is -0.651. The summed E-state index contributed by atoms with van der Waals surface area (Å²) in [6, 6.07) is 38.4. The van der Waals surface area contributed by atoms with Gasteiger partial charge in [-0.2, -0.15) is 15.3 Å². The van der Waals surface area contributed by atoms with E-state index in [1.54, 1.807) is 145 Å². The van der Waals surface area contributed by atoms with Gasteiger partial charge in [-0.15, -0.1) is 0 Å². The van der Waals surface area contributed by atoms with Crippen molar-refractivity contribution in [1.82, 2.24) is 76.7 Å². The molecule has 1 saturated heterocycles. The lowest BCUT2D eigenvalue weighted by Crippen LogP contribution is -2.38. The average Bonchev–Trinajstić information content (AvgIpc) is 1.61. The first-order valence-electron chi connectivity index (χ1n) is 39.2. The zero-order chi connectivity index (χ0) is 89.9. The Hall–Kier alpha value is -14.9. The number of alkyl carbamates (subject to hydrolysis) is 2. The van der Waals surface area contributed by atoms with Crippen molar-refractivity contribution in [3.63, 3.8) is 0 Å². The molecule has 15 rings (SSSR count). The van der Waals surface area contributed by atoms with Crippen molar-refractivity contribution in [2.75, 3.05) is 53.7 Å². The van der Waals surface area contributed by atoms with E-state index in [4.69, 9.17) is 41.7 Å². The Morgan fingerprint density at radius 3 is 1.39 bits per heavy atom. The summed E-state index contributed by atoms with van der Waals surface area (Å²) in [6.45, 7) is 17.2. The van der Waals surface area contributed by atoms with Crippen LogP contribution in [0.25, 0.3) is 69.2 Å². The van der Waals surface area contributed by atoms with Crippen molar-refractivity contribution in [1.29, 1.82) is 0 Å². The number of carboxylic acids is 1. The number of aromatic carboxylic acids is 1. The third-order valence-electron chi connectivity index (χ3n) is 18.2. The van der Waals surface area contributed by atoms with E-state index < -0.39 is 44.6 Å². The van der Waals surface area contributed by atoms with Gasteiger partial charge in [-0.25, -0.2) is 50.9 Å². The normalized spacial score (nSPS) is 12.5. The fourth-order valence-electron chi connectivity index (χ4n) is 12.2. The van der Waals surface area contributed by atoms with E-state index in [-0.39, 0.29) is 58.7 Å². The number of aromatic nitrogens is 10. The lowest BCUT2D eigenvalue weighted by Gasteiger charge is -2.26. The summed E-state index contributed by atoms with van der Waals surface area (Å²) in [4.78, 5) is 77.3. The number of morpholine rings is 1. The highest BCUT2D eigenvalue weighted by Crippen LogP contribution is 2.37. The van der Waals surface area contributed by atoms with Crippen LogP contribution < -0.4 is 35.5 Å². The van der Waals surface area contributed by atoms with Gasteiger partial charge in [0.15, 0.2) is 0 Å². The van der Waals surface area contributed by atoms with Gasteiger partial charge in [0.05, 0.1) is 131 Å². The van der Waals surface area contributed by atoms with Crippen molar-refractivity contribution in [3.8, 4) is 17.2 Å². The van der Waals surface area contributed by atoms with E-state index in [1.807, 2.05) is 37.3 Å². The fourth-order valence-corrected chi connectivity index (χ4v) is 13.6. The van der Waals surface area contributed by atoms with Gasteiger partial charge < -0.3 is 67.7 Å². The molecule has 4 amide bonds. The summed E-state index contributed by atoms with van der Waals surface area (Å²) in [5, 5.41) is 42.3. The zero-order valence-electron chi connectivity index (χ0n) is 70.0. The number of hydrogen-bond acceptors (Lipinski definition) is 23. The lowest BCUT2D eigenvalue weighted by molar-refractivity contribution is 0.0322. The molecule has 1 aliphatic heterocycles. The minimum Gasteiger partial charge on any atom is -0.495 e. The summed E-state index contributed by atoms with van der Waals surface area (Å²) >= 11 is 0. The third kappa shape index (κ3) is 26.1. The van der Waals surface area contributed by atoms with Gasteiger partial charge in [-0.1, -0.05) is 72.3 Å². The number of oxazole rings is 3. The summed E-state index contributed by atoms with van der Waals surface area (Å²) in [6.07, 6.45) is 19.8. The Bertz CT molecular complexity index is 5960. The first kappa shape index (κ1) is 91.8. The summed E-state index contributed by atoms with van der Waals surface area (Å²) in [5.41, 5.74) is 7.86. The molecule has 8 heterocycles. The number of fused-ring (bicyclic) bond motifs is 3. The topological polar surface area (TPSA) is 426 Å². The molecular formula is C90H92F3N15O17S. The largest absolute Gasteiger partial charge is 0.495 e. The van der Waals surface area contributed by atoms with Crippen molar-refractivity contribution >= 4 is 109 Å². The first-order chi connectivity index (χ1) is 60.5. The van der Waals surface area contributed by atoms with Crippen LogP contribution in [0.5, 0.6) is 17.2 Å². The molecule has 126 heavy (non-hydrogen) atoms. The summed E-state index contributed by atoms with van der Waals surface area (Å²) < 4.78 is 113. The standard InChI is InChI=1S/C22H19FN4O2.C22H22FN3O4.C21H17FN4O3.C16H20N2O5S.C9H14N2O3/c1-29-21-17(22(28)25-13-16-3-2-12-24-16)9-11-19-20(21)18(26-27-19)10-6-14-4-7-15(23)8-5-14;23-16-4-1-15(2-5-16)3-7-18-20-19(25-24-18)8-6-17(22(27)28)21(20)30-14-11-26-9-12-29-13-10-26;1-28-20-15(21(27)24-12-18-23-10-11-29-18)7-9-17-19(20)16(25-26-17)8-4-13-2-5-14(22)6-3-13;1-11-5-7-12(8-6-11)24(20,21)14(13-17-9-10-22-13)18-15(19)23-16(2,3)4;1-9(2,3)14-8(12)11-6-7-10-4-5-13-7/h2-12,24H,13H2,1H3,(H,25,28)(H,26,27);1-8H,9-14H2,(H,24,25)(H,27,28);2-11H,12H2,1H3,(H,24,27)(H,25,26);5-10,14H,1-4H3,(H,18,19);4-5H,6H2,1-3H3,(H,11,12)/b10-6+;7-3+;8-4+;;. The number of carboxylic acid groups (broad SMARTS) is 1. The third-order valence-corrected chi connectivity index (χ3v) is 20.0. The van der Waals surface area contributed by atoms with Gasteiger partial charge in [0, 0.05) is 31.5 Å². The maximum Gasteiger partial charge on any atom is 0.409 e. The number of sulfone groups is 1. The molecule has 14 aromatic rings. The minimum absolute atomic E-state index is 0.0485. The van der Waals surface area contributed by atoms with Crippen LogP contribution in [0.4, 0.5) is 22.8 Å². The van der Waals surface area contributed by atoms with E-state index in [2.05, 4.69) is 76.7 Å². The molecule has 36 heteroatoms. The molecule has 1 fully saturated rings. The van der Waals surface area contributed by atoms with Crippen LogP contribution in [-0.2, 0) is 43.7 Å². The second-order valence-electron chi connectivity index (χ2n) is 29.6. The number of benzene rings is 7. The van der Waals surface area contributed by atoms with Crippen LogP contribution in [0.1, 0.15) is 141 Å². The molecule has 656 valence electrons. The van der Waals surface area contributed by atoms with Gasteiger partial charge in [0.25, 0.3) is 11.8 Å². The highest BCUT2D eigenvalue weighted by molar-refractivity contribution is 7.91. The summed E-state index contributed by atoms with van der Waals surface area (Å²) in [7, 11) is -0.935. The van der Waals surface area contributed by atoms with Crippen LogP contribution >= 0.6 is 0 Å². The Morgan fingerprint density at radius 1 is 0.532 bits per heavy atom. The van der Waals surface area contributed by atoms with Gasteiger partial charge in [-0.05, 0) is 180 Å². The van der Waals surface area contributed by atoms with E-state index in [9.17, 15) is 50.7 Å². The number of ether oxygens (including phenoxy) is 6. The molecular weight excluding hydrogens is 1650 g/mol. The van der Waals surface area contributed by atoms with Crippen LogP contribution in [0.15, 0.2) is 207 Å². The zero-order valence-corrected chi connectivity index (χ0v) is 70.8. The number of carbonyl (C=O) groups excluding carboxylic acids is 4. The number of aryl methyl sites for hydroxylation is 1. The van der Waals surface area contributed by atoms with E-state index in [1.165, 1.54) is 106 Å². The number of amides is 4. The quantitative estimate of drug-likeness (QED) is 0.0257. The van der Waals surface area contributed by atoms with Crippen molar-refractivity contribution in [2.45, 2.75) is 89.6 Å². The van der Waals surface area contributed by atoms with Crippen molar-refractivity contribution < 1.29 is 92.3 Å². The lowest BCUT2D eigenvalue weighted by atomic mass is 10.1. The van der Waals surface area contributed by atoms with E-state index >= 15 is 0 Å². The molecule has 9 N–H and O–H groups in total. The molecule has 32 nitrogen and oxygen atoms in total. The predicted octanol–water partition coefficient (Wildman–Crippen LogP) is 15.9. The van der Waals surface area contributed by atoms with Crippen molar-refractivity contribution in [2.24, 2.45) is 0 Å². The number of halogens is 3. The molecule has 7 aromatic carbocycles. The number of nitrogens with zero attached hydrogens (tertiary/aromatic N) is 7. The second kappa shape index (κ2) is 43.2. The maximum atomic E-state index is 13.1. The van der Waals surface area contributed by atoms with Crippen LogP contribution in [0.2, 0.25) is 0 Å². The molecule has 1 unspecified atom stereocenters. The molecule has 0 aliphatic carbocycles. The number of H-pyrrole nitrogens is 4. The maximum absolute atomic E-state index is 13.1. The van der Waals surface area contributed by atoms with Crippen LogP contribution in [0.3, 0.4) is 0 Å². The van der Waals surface area contributed by atoms with Gasteiger partial charge in [-0.3, -0.25) is 35.1 Å². The van der Waals surface area contributed by atoms with Gasteiger partial charge >= 0.3 is 18.2 Å². The van der Waals surface area contributed by atoms with Crippen molar-refractivity contribution in [3.05, 3.63) is 286 Å². The van der Waals surface area contributed by atoms with Gasteiger partial charge in [0.1, 0.15) is 76.9 Å². The highest BCUT2D eigenvalue weighted by atomic mass is 32.2. The first-order valence-corrected chi connectivity index (χ1v) is 40.7. The molecule has 0 bridgehead atoms. The molecule has 0 spiro atoms. The molecule has 0 saturated carbocycles. The number of rotatable bonds is 25. The number of aromatic amines is 4. The van der Waals surface area contributed by atoms with E-state index in [0.717, 1.165) is 41.0 Å². The number of hydrogen-bond donors (Lipinski definition) is 9. The molecule has 0 radical (unpaired) electrons. The number of carbonyl (C=O) groups is 5.